The lowest BCUT2D eigenvalue weighted by Crippen LogP contribution is -2.23. The summed E-state index contributed by atoms with van der Waals surface area (Å²) >= 11 is 0. The van der Waals surface area contributed by atoms with Gasteiger partial charge < -0.3 is 5.73 Å². The van der Waals surface area contributed by atoms with E-state index in [0.717, 1.165) is 17.7 Å². The van der Waals surface area contributed by atoms with Crippen molar-refractivity contribution in [2.24, 2.45) is 0 Å². The van der Waals surface area contributed by atoms with Gasteiger partial charge in [-0.25, -0.2) is 9.97 Å². The first-order valence-electron chi connectivity index (χ1n) is 9.17. The van der Waals surface area contributed by atoms with E-state index in [2.05, 4.69) is 9.97 Å². The molecule has 1 unspecified atom stereocenters. The number of nitrogens with two attached hydrogens (primary N) is 1. The molecule has 3 aromatic rings. The standard InChI is InChI=1S/C22H18F3N3O/c1-12-20-18(28-21(26)27-12)10-14(11-19(20)29)17-8-3-2-7-16(17)13-5-4-6-15(9-13)22(23,24)25/h2-9,14H,10-11H2,1H3,(H2,26,27,28). The summed E-state index contributed by atoms with van der Waals surface area (Å²) in [6, 6.07) is 12.5. The number of aromatic nitrogens is 2. The van der Waals surface area contributed by atoms with E-state index in [4.69, 9.17) is 5.73 Å². The first-order chi connectivity index (χ1) is 13.7. The van der Waals surface area contributed by atoms with Crippen LogP contribution < -0.4 is 5.73 Å². The van der Waals surface area contributed by atoms with Gasteiger partial charge in [-0.1, -0.05) is 36.4 Å². The molecule has 148 valence electrons. The van der Waals surface area contributed by atoms with Crippen molar-refractivity contribution in [3.63, 3.8) is 0 Å². The minimum atomic E-state index is -4.42. The number of carbonyl (C=O) groups excluding carboxylic acids is 1. The summed E-state index contributed by atoms with van der Waals surface area (Å²) in [7, 11) is 0. The number of anilines is 1. The maximum atomic E-state index is 13.2. The molecule has 0 fully saturated rings. The Morgan fingerprint density at radius 2 is 1.79 bits per heavy atom. The molecular formula is C22H18F3N3O. The zero-order valence-electron chi connectivity index (χ0n) is 15.6. The zero-order valence-corrected chi connectivity index (χ0v) is 15.6. The lowest BCUT2D eigenvalue weighted by atomic mass is 9.78. The molecule has 1 aromatic heterocycles. The molecule has 29 heavy (non-hydrogen) atoms. The fourth-order valence-electron chi connectivity index (χ4n) is 4.00. The van der Waals surface area contributed by atoms with Crippen LogP contribution in [0.15, 0.2) is 48.5 Å². The summed E-state index contributed by atoms with van der Waals surface area (Å²) in [5, 5.41) is 0. The molecule has 0 spiro atoms. The van der Waals surface area contributed by atoms with Crippen LogP contribution in [-0.2, 0) is 12.6 Å². The van der Waals surface area contributed by atoms with Crippen molar-refractivity contribution in [2.75, 3.05) is 5.73 Å². The van der Waals surface area contributed by atoms with Crippen LogP contribution in [0.4, 0.5) is 19.1 Å². The number of fused-ring (bicyclic) bond motifs is 1. The molecule has 0 bridgehead atoms. The average molecular weight is 397 g/mol. The molecule has 7 heteroatoms. The van der Waals surface area contributed by atoms with Gasteiger partial charge in [-0.2, -0.15) is 13.2 Å². The molecule has 1 aliphatic carbocycles. The molecule has 1 aliphatic rings. The number of benzene rings is 2. The Kier molecular flexibility index (Phi) is 4.61. The Morgan fingerprint density at radius 3 is 2.55 bits per heavy atom. The smallest absolute Gasteiger partial charge is 0.368 e. The van der Waals surface area contributed by atoms with Crippen molar-refractivity contribution in [3.05, 3.63) is 76.6 Å². The summed E-state index contributed by atoms with van der Waals surface area (Å²) in [4.78, 5) is 21.1. The van der Waals surface area contributed by atoms with Crippen LogP contribution in [0.5, 0.6) is 0 Å². The van der Waals surface area contributed by atoms with E-state index in [-0.39, 0.29) is 24.1 Å². The van der Waals surface area contributed by atoms with Gasteiger partial charge in [0.2, 0.25) is 5.95 Å². The Hall–Kier alpha value is -3.22. The monoisotopic (exact) mass is 397 g/mol. The highest BCUT2D eigenvalue weighted by Crippen LogP contribution is 2.39. The lowest BCUT2D eigenvalue weighted by Gasteiger charge is -2.26. The molecular weight excluding hydrogens is 379 g/mol. The minimum absolute atomic E-state index is 0.0763. The second-order valence-electron chi connectivity index (χ2n) is 7.18. The van der Waals surface area contributed by atoms with Gasteiger partial charge >= 0.3 is 6.18 Å². The molecule has 0 radical (unpaired) electrons. The van der Waals surface area contributed by atoms with Crippen LogP contribution in [0, 0.1) is 6.92 Å². The van der Waals surface area contributed by atoms with E-state index in [1.165, 1.54) is 6.07 Å². The predicted octanol–water partition coefficient (Wildman–Crippen LogP) is 4.97. The largest absolute Gasteiger partial charge is 0.416 e. The fraction of sp³-hybridized carbons (Fsp3) is 0.227. The molecule has 4 rings (SSSR count). The maximum Gasteiger partial charge on any atom is 0.416 e. The number of ketones is 1. The first-order valence-corrected chi connectivity index (χ1v) is 9.17. The number of nitrogens with zero attached hydrogens (tertiary/aromatic N) is 2. The predicted molar refractivity (Wildman–Crippen MR) is 103 cm³/mol. The van der Waals surface area contributed by atoms with Crippen molar-refractivity contribution in [1.82, 2.24) is 9.97 Å². The van der Waals surface area contributed by atoms with Crippen molar-refractivity contribution < 1.29 is 18.0 Å². The average Bonchev–Trinajstić information content (AvgIpc) is 2.66. The van der Waals surface area contributed by atoms with Gasteiger partial charge in [-0.3, -0.25) is 4.79 Å². The van der Waals surface area contributed by atoms with E-state index in [1.807, 2.05) is 12.1 Å². The van der Waals surface area contributed by atoms with E-state index >= 15 is 0 Å². The molecule has 1 atom stereocenters. The van der Waals surface area contributed by atoms with E-state index in [0.29, 0.717) is 34.5 Å². The quantitative estimate of drug-likeness (QED) is 0.663. The van der Waals surface area contributed by atoms with Crippen LogP contribution in [0.3, 0.4) is 0 Å². The van der Waals surface area contributed by atoms with Crippen molar-refractivity contribution >= 4 is 11.7 Å². The highest BCUT2D eigenvalue weighted by molar-refractivity contribution is 6.00. The molecule has 2 aromatic carbocycles. The topological polar surface area (TPSA) is 68.9 Å². The highest BCUT2D eigenvalue weighted by Gasteiger charge is 2.32. The Labute approximate surface area is 165 Å². The summed E-state index contributed by atoms with van der Waals surface area (Å²) in [5.41, 5.74) is 8.67. The second-order valence-corrected chi connectivity index (χ2v) is 7.18. The molecule has 2 N–H and O–H groups in total. The molecule has 0 saturated carbocycles. The number of rotatable bonds is 2. The van der Waals surface area contributed by atoms with Gasteiger partial charge in [0.05, 0.1) is 22.5 Å². The van der Waals surface area contributed by atoms with Crippen LogP contribution >= 0.6 is 0 Å². The van der Waals surface area contributed by atoms with Gasteiger partial charge in [0.25, 0.3) is 0 Å². The van der Waals surface area contributed by atoms with E-state index in [9.17, 15) is 18.0 Å². The Balaban J connectivity index is 1.78. The number of hydrogen-bond acceptors (Lipinski definition) is 4. The summed E-state index contributed by atoms with van der Waals surface area (Å²) < 4.78 is 39.5. The van der Waals surface area contributed by atoms with E-state index < -0.39 is 11.7 Å². The van der Waals surface area contributed by atoms with Gasteiger partial charge in [-0.05, 0) is 48.1 Å². The van der Waals surface area contributed by atoms with Crippen molar-refractivity contribution in [2.45, 2.75) is 31.9 Å². The van der Waals surface area contributed by atoms with Crippen LogP contribution in [0.2, 0.25) is 0 Å². The van der Waals surface area contributed by atoms with Crippen molar-refractivity contribution in [1.29, 1.82) is 0 Å². The Bertz CT molecular complexity index is 1110. The summed E-state index contributed by atoms with van der Waals surface area (Å²) in [5.74, 6) is -0.164. The number of carbonyl (C=O) groups is 1. The van der Waals surface area contributed by atoms with Gasteiger partial charge in [-0.15, -0.1) is 0 Å². The summed E-state index contributed by atoms with van der Waals surface area (Å²) in [6.07, 6.45) is -3.70. The van der Waals surface area contributed by atoms with Crippen LogP contribution in [0.1, 0.15) is 45.2 Å². The van der Waals surface area contributed by atoms with Crippen molar-refractivity contribution in [3.8, 4) is 11.1 Å². The molecule has 0 saturated heterocycles. The van der Waals surface area contributed by atoms with Gasteiger partial charge in [0.15, 0.2) is 5.78 Å². The molecule has 4 nitrogen and oxygen atoms in total. The number of Topliss-reactive ketones (excluding diaryl/α,β-unsaturated/α-hetero) is 1. The van der Waals surface area contributed by atoms with Gasteiger partial charge in [0.1, 0.15) is 0 Å². The Morgan fingerprint density at radius 1 is 1.03 bits per heavy atom. The number of alkyl halides is 3. The molecule has 1 heterocycles. The van der Waals surface area contributed by atoms with Crippen LogP contribution in [-0.4, -0.2) is 15.8 Å². The lowest BCUT2D eigenvalue weighted by molar-refractivity contribution is -0.137. The number of hydrogen-bond donors (Lipinski definition) is 1. The SMILES string of the molecule is Cc1nc(N)nc2c1C(=O)CC(c1ccccc1-c1cccc(C(F)(F)F)c1)C2. The third-order valence-corrected chi connectivity index (χ3v) is 5.23. The maximum absolute atomic E-state index is 13.2. The normalized spacial score (nSPS) is 16.6. The number of nitrogen functional groups attached to an aromatic ring is 1. The summed E-state index contributed by atoms with van der Waals surface area (Å²) in [6.45, 7) is 1.73. The molecule has 0 aliphatic heterocycles. The minimum Gasteiger partial charge on any atom is -0.368 e. The van der Waals surface area contributed by atoms with E-state index in [1.54, 1.807) is 25.1 Å². The zero-order chi connectivity index (χ0) is 20.8. The third-order valence-electron chi connectivity index (χ3n) is 5.23. The number of aryl methyl sites for hydroxylation is 1. The highest BCUT2D eigenvalue weighted by atomic mass is 19.4. The third kappa shape index (κ3) is 3.60. The first kappa shape index (κ1) is 19.1. The number of halogens is 3. The molecule has 0 amide bonds. The second kappa shape index (κ2) is 6.99. The fourth-order valence-corrected chi connectivity index (χ4v) is 4.00. The van der Waals surface area contributed by atoms with Gasteiger partial charge in [0, 0.05) is 6.42 Å². The van der Waals surface area contributed by atoms with Crippen LogP contribution in [0.25, 0.3) is 11.1 Å².